The molecule has 6 heteroatoms. The van der Waals surface area contributed by atoms with Crippen LogP contribution in [0, 0.1) is 13.8 Å². The van der Waals surface area contributed by atoms with Crippen molar-refractivity contribution >= 4 is 17.2 Å². The molecule has 1 atom stereocenters. The number of nitrogens with zero attached hydrogens (tertiary/aromatic N) is 2. The van der Waals surface area contributed by atoms with E-state index in [1.165, 1.54) is 0 Å². The largest absolute Gasteiger partial charge is 0.483 e. The molecule has 0 saturated heterocycles. The van der Waals surface area contributed by atoms with Crippen molar-refractivity contribution in [2.75, 3.05) is 6.54 Å². The summed E-state index contributed by atoms with van der Waals surface area (Å²) in [6, 6.07) is 8.19. The second kappa shape index (κ2) is 7.19. The highest BCUT2D eigenvalue weighted by Crippen LogP contribution is 2.33. The van der Waals surface area contributed by atoms with E-state index in [9.17, 15) is 4.79 Å². The van der Waals surface area contributed by atoms with Crippen LogP contribution in [0.3, 0.4) is 0 Å². The van der Waals surface area contributed by atoms with Gasteiger partial charge in [0.05, 0.1) is 12.2 Å². The minimum Gasteiger partial charge on any atom is -0.483 e. The lowest BCUT2D eigenvalue weighted by Crippen LogP contribution is -2.34. The lowest BCUT2D eigenvalue weighted by molar-refractivity contribution is 0.0675. The summed E-state index contributed by atoms with van der Waals surface area (Å²) >= 11 is 1.63. The van der Waals surface area contributed by atoms with Crippen molar-refractivity contribution < 1.29 is 14.1 Å². The van der Waals surface area contributed by atoms with Crippen molar-refractivity contribution in [3.05, 3.63) is 68.7 Å². The molecule has 1 aliphatic heterocycles. The summed E-state index contributed by atoms with van der Waals surface area (Å²) in [7, 11) is 0. The summed E-state index contributed by atoms with van der Waals surface area (Å²) < 4.78 is 11.6. The molecule has 0 aliphatic carbocycles. The molecule has 0 radical (unpaired) electrons. The molecule has 1 aromatic carbocycles. The third kappa shape index (κ3) is 3.37. The van der Waals surface area contributed by atoms with Crippen LogP contribution in [-0.4, -0.2) is 22.5 Å². The fourth-order valence-electron chi connectivity index (χ4n) is 3.49. The first-order valence-corrected chi connectivity index (χ1v) is 10.0. The summed E-state index contributed by atoms with van der Waals surface area (Å²) in [6.07, 6.45) is 0.460. The summed E-state index contributed by atoms with van der Waals surface area (Å²) in [6.45, 7) is 6.81. The van der Waals surface area contributed by atoms with Crippen molar-refractivity contribution in [1.82, 2.24) is 10.1 Å². The number of hydrogen-bond acceptors (Lipinski definition) is 5. The van der Waals surface area contributed by atoms with E-state index in [1.807, 2.05) is 36.3 Å². The van der Waals surface area contributed by atoms with E-state index >= 15 is 0 Å². The number of aryl methyl sites for hydroxylation is 3. The Balaban J connectivity index is 1.74. The first-order chi connectivity index (χ1) is 13.1. The van der Waals surface area contributed by atoms with Crippen molar-refractivity contribution in [3.63, 3.8) is 0 Å². The van der Waals surface area contributed by atoms with Crippen molar-refractivity contribution in [2.24, 2.45) is 0 Å². The molecule has 3 aromatic rings. The van der Waals surface area contributed by atoms with Gasteiger partial charge < -0.3 is 14.2 Å². The van der Waals surface area contributed by atoms with E-state index in [2.05, 4.69) is 22.7 Å². The van der Waals surface area contributed by atoms with Crippen LogP contribution in [0.1, 0.15) is 51.5 Å². The molecule has 0 saturated carbocycles. The Morgan fingerprint density at radius 2 is 2.19 bits per heavy atom. The summed E-state index contributed by atoms with van der Waals surface area (Å²) in [4.78, 5) is 15.3. The van der Waals surface area contributed by atoms with Crippen LogP contribution in [0.25, 0.3) is 0 Å². The first-order valence-electron chi connectivity index (χ1n) is 9.09. The molecule has 2 aromatic heterocycles. The molecule has 0 fully saturated rings. The summed E-state index contributed by atoms with van der Waals surface area (Å²) in [5.74, 6) is 1.35. The number of carbonyl (C=O) groups is 1. The highest BCUT2D eigenvalue weighted by atomic mass is 32.1. The second-order valence-electron chi connectivity index (χ2n) is 6.87. The molecule has 0 bridgehead atoms. The highest BCUT2D eigenvalue weighted by Gasteiger charge is 2.31. The van der Waals surface area contributed by atoms with E-state index in [0.29, 0.717) is 36.5 Å². The number of hydrogen-bond donors (Lipinski definition) is 0. The Kier molecular flexibility index (Phi) is 4.74. The van der Waals surface area contributed by atoms with Gasteiger partial charge in [-0.15, -0.1) is 0 Å². The Bertz CT molecular complexity index is 962. The third-order valence-electron chi connectivity index (χ3n) is 4.92. The van der Waals surface area contributed by atoms with E-state index in [1.54, 1.807) is 18.3 Å². The fourth-order valence-corrected chi connectivity index (χ4v) is 4.19. The topological polar surface area (TPSA) is 55.6 Å². The quantitative estimate of drug-likeness (QED) is 0.659. The highest BCUT2D eigenvalue weighted by molar-refractivity contribution is 7.07. The number of thiophene rings is 1. The average molecular weight is 382 g/mol. The van der Waals surface area contributed by atoms with Gasteiger partial charge in [-0.25, -0.2) is 0 Å². The number of amides is 1. The van der Waals surface area contributed by atoms with Crippen molar-refractivity contribution in [2.45, 2.75) is 39.8 Å². The number of benzene rings is 1. The molecular formula is C21H22N2O3S. The lowest BCUT2D eigenvalue weighted by Gasteiger charge is -2.24. The number of fused-ring (bicyclic) bond motifs is 1. The smallest absolute Gasteiger partial charge is 0.259 e. The molecule has 5 nitrogen and oxygen atoms in total. The van der Waals surface area contributed by atoms with Gasteiger partial charge in [-0.1, -0.05) is 29.8 Å². The van der Waals surface area contributed by atoms with E-state index in [0.717, 1.165) is 22.4 Å². The van der Waals surface area contributed by atoms with Crippen molar-refractivity contribution in [1.29, 1.82) is 0 Å². The van der Waals surface area contributed by atoms with Crippen LogP contribution in [0.5, 0.6) is 5.75 Å². The van der Waals surface area contributed by atoms with E-state index in [4.69, 9.17) is 9.26 Å². The second-order valence-corrected chi connectivity index (χ2v) is 7.65. The monoisotopic (exact) mass is 382 g/mol. The molecule has 0 unspecified atom stereocenters. The number of aromatic nitrogens is 1. The van der Waals surface area contributed by atoms with Crippen molar-refractivity contribution in [3.8, 4) is 5.75 Å². The average Bonchev–Trinajstić information content (AvgIpc) is 3.27. The molecule has 27 heavy (non-hydrogen) atoms. The van der Waals surface area contributed by atoms with Crippen LogP contribution in [0.15, 0.2) is 39.5 Å². The Morgan fingerprint density at radius 3 is 2.93 bits per heavy atom. The zero-order valence-electron chi connectivity index (χ0n) is 15.7. The Hall–Kier alpha value is -2.60. The van der Waals surface area contributed by atoms with Gasteiger partial charge in [-0.05, 0) is 43.2 Å². The maximum absolute atomic E-state index is 13.4. The predicted octanol–water partition coefficient (Wildman–Crippen LogP) is 4.69. The minimum atomic E-state index is -0.200. The van der Waals surface area contributed by atoms with Crippen LogP contribution < -0.4 is 4.74 Å². The Morgan fingerprint density at radius 1 is 1.33 bits per heavy atom. The van der Waals surface area contributed by atoms with E-state index in [-0.39, 0.29) is 12.0 Å². The van der Waals surface area contributed by atoms with Gasteiger partial charge in [-0.2, -0.15) is 11.3 Å². The van der Waals surface area contributed by atoms with E-state index < -0.39 is 0 Å². The van der Waals surface area contributed by atoms with Crippen LogP contribution in [0.2, 0.25) is 0 Å². The molecule has 1 amide bonds. The third-order valence-corrected chi connectivity index (χ3v) is 5.62. The summed E-state index contributed by atoms with van der Waals surface area (Å²) in [5.41, 5.74) is 4.54. The van der Waals surface area contributed by atoms with Gasteiger partial charge >= 0.3 is 0 Å². The van der Waals surface area contributed by atoms with Gasteiger partial charge in [0, 0.05) is 17.7 Å². The zero-order valence-corrected chi connectivity index (χ0v) is 16.5. The van der Waals surface area contributed by atoms with Gasteiger partial charge in [0.15, 0.2) is 0 Å². The summed E-state index contributed by atoms with van der Waals surface area (Å²) in [5, 5.41) is 8.16. The maximum Gasteiger partial charge on any atom is 0.259 e. The number of rotatable bonds is 3. The standard InChI is InChI=1S/C21H22N2O3S/c1-4-17-20(14(3)26-22-17)21(24)23-10-16-9-13(2)5-6-18(16)25-19(11-23)15-7-8-27-12-15/h5-9,12,19H,4,10-11H2,1-3H3/t19-/m0/s1. The SMILES string of the molecule is CCc1noc(C)c1C(=O)N1Cc2cc(C)ccc2O[C@H](c2ccsc2)C1. The minimum absolute atomic E-state index is 0.0521. The van der Waals surface area contributed by atoms with Gasteiger partial charge in [0.2, 0.25) is 0 Å². The predicted molar refractivity (Wildman–Crippen MR) is 104 cm³/mol. The van der Waals surface area contributed by atoms with Crippen LogP contribution in [-0.2, 0) is 13.0 Å². The molecule has 4 rings (SSSR count). The van der Waals surface area contributed by atoms with Crippen LogP contribution >= 0.6 is 11.3 Å². The normalized spacial score (nSPS) is 16.6. The number of carbonyl (C=O) groups excluding carboxylic acids is 1. The Labute approximate surface area is 162 Å². The lowest BCUT2D eigenvalue weighted by atomic mass is 10.1. The maximum atomic E-state index is 13.4. The van der Waals surface area contributed by atoms with Crippen LogP contribution in [0.4, 0.5) is 0 Å². The van der Waals surface area contributed by atoms with Gasteiger partial charge in [0.25, 0.3) is 5.91 Å². The number of ether oxygens (including phenoxy) is 1. The molecule has 3 heterocycles. The molecule has 1 aliphatic rings. The molecule has 0 spiro atoms. The van der Waals surface area contributed by atoms with Gasteiger partial charge in [0.1, 0.15) is 23.2 Å². The first kappa shape index (κ1) is 17.8. The molecule has 140 valence electrons. The molecular weight excluding hydrogens is 360 g/mol. The fraction of sp³-hybridized carbons (Fsp3) is 0.333. The van der Waals surface area contributed by atoms with Gasteiger partial charge in [-0.3, -0.25) is 4.79 Å². The molecule has 0 N–H and O–H groups in total. The zero-order chi connectivity index (χ0) is 19.0.